The van der Waals surface area contributed by atoms with Gasteiger partial charge in [-0.15, -0.1) is 11.3 Å². The predicted octanol–water partition coefficient (Wildman–Crippen LogP) is 3.25. The Morgan fingerprint density at radius 3 is 2.97 bits per heavy atom. The van der Waals surface area contributed by atoms with Crippen LogP contribution >= 0.6 is 11.3 Å². The summed E-state index contributed by atoms with van der Waals surface area (Å²) in [6.07, 6.45) is 7.11. The lowest BCUT2D eigenvalue weighted by Gasteiger charge is -2.12. The van der Waals surface area contributed by atoms with Gasteiger partial charge in [0.15, 0.2) is 5.65 Å². The number of H-pyrrole nitrogens is 1. The van der Waals surface area contributed by atoms with Gasteiger partial charge in [-0.2, -0.15) is 5.10 Å². The minimum atomic E-state index is -0.286. The fourth-order valence-corrected chi connectivity index (χ4v) is 5.78. The number of aromatic amines is 1. The molecule has 0 radical (unpaired) electrons. The van der Waals surface area contributed by atoms with Crippen molar-refractivity contribution in [3.05, 3.63) is 57.6 Å². The van der Waals surface area contributed by atoms with E-state index in [2.05, 4.69) is 20.4 Å². The number of fused-ring (bicyclic) bond motifs is 3. The Bertz CT molecular complexity index is 1560. The molecule has 0 bridgehead atoms. The van der Waals surface area contributed by atoms with Crippen LogP contribution in [0.5, 0.6) is 0 Å². The van der Waals surface area contributed by atoms with Crippen LogP contribution in [0.1, 0.15) is 23.3 Å². The van der Waals surface area contributed by atoms with Crippen LogP contribution in [0, 0.1) is 0 Å². The third-order valence-electron chi connectivity index (χ3n) is 6.08. The van der Waals surface area contributed by atoms with Gasteiger partial charge in [-0.05, 0) is 43.4 Å². The van der Waals surface area contributed by atoms with Crippen LogP contribution in [0.25, 0.3) is 33.5 Å². The number of anilines is 1. The van der Waals surface area contributed by atoms with E-state index in [0.717, 1.165) is 53.1 Å². The second kappa shape index (κ2) is 7.66. The smallest absolute Gasteiger partial charge is 0.264 e. The minimum absolute atomic E-state index is 0.126. The van der Waals surface area contributed by atoms with Crippen molar-refractivity contribution in [3.63, 3.8) is 0 Å². The summed E-state index contributed by atoms with van der Waals surface area (Å²) in [5.74, 6) is 0.486. The molecule has 4 heterocycles. The first kappa shape index (κ1) is 19.9. The van der Waals surface area contributed by atoms with Crippen LogP contribution in [-0.2, 0) is 31.2 Å². The first-order valence-electron chi connectivity index (χ1n) is 10.8. The van der Waals surface area contributed by atoms with E-state index < -0.39 is 0 Å². The molecule has 0 saturated carbocycles. The molecule has 1 amide bonds. The molecule has 33 heavy (non-hydrogen) atoms. The molecular weight excluding hydrogens is 438 g/mol. The summed E-state index contributed by atoms with van der Waals surface area (Å²) in [4.78, 5) is 39.5. The van der Waals surface area contributed by atoms with Gasteiger partial charge in [-0.3, -0.25) is 18.8 Å². The van der Waals surface area contributed by atoms with Gasteiger partial charge in [-0.1, -0.05) is 12.1 Å². The zero-order valence-corrected chi connectivity index (χ0v) is 18.8. The van der Waals surface area contributed by atoms with Crippen LogP contribution in [0.4, 0.5) is 5.00 Å². The number of rotatable bonds is 4. The van der Waals surface area contributed by atoms with Crippen molar-refractivity contribution in [1.82, 2.24) is 29.3 Å². The Kier molecular flexibility index (Phi) is 4.61. The first-order valence-corrected chi connectivity index (χ1v) is 11.7. The van der Waals surface area contributed by atoms with E-state index in [-0.39, 0.29) is 18.0 Å². The highest BCUT2D eigenvalue weighted by atomic mass is 32.1. The Hall–Kier alpha value is -3.79. The van der Waals surface area contributed by atoms with Crippen LogP contribution in [0.2, 0.25) is 0 Å². The van der Waals surface area contributed by atoms with E-state index in [1.165, 1.54) is 32.2 Å². The molecule has 0 spiro atoms. The molecule has 0 fully saturated rings. The van der Waals surface area contributed by atoms with Gasteiger partial charge >= 0.3 is 0 Å². The third kappa shape index (κ3) is 3.34. The van der Waals surface area contributed by atoms with Crippen LogP contribution in [-0.4, -0.2) is 35.2 Å². The molecule has 166 valence electrons. The summed E-state index contributed by atoms with van der Waals surface area (Å²) in [5.41, 5.74) is 4.29. The monoisotopic (exact) mass is 459 g/mol. The van der Waals surface area contributed by atoms with Crippen LogP contribution in [0.3, 0.4) is 0 Å². The predicted molar refractivity (Wildman–Crippen MR) is 127 cm³/mol. The van der Waals surface area contributed by atoms with Crippen LogP contribution in [0.15, 0.2) is 41.6 Å². The van der Waals surface area contributed by atoms with Crippen molar-refractivity contribution >= 4 is 44.3 Å². The van der Waals surface area contributed by atoms with E-state index >= 15 is 0 Å². The van der Waals surface area contributed by atoms with Crippen LogP contribution < -0.4 is 10.9 Å². The minimum Gasteiger partial charge on any atom is -0.338 e. The second-order valence-corrected chi connectivity index (χ2v) is 9.35. The Morgan fingerprint density at radius 2 is 2.09 bits per heavy atom. The fraction of sp³-hybridized carbons (Fsp3) is 0.261. The Balaban J connectivity index is 1.35. The van der Waals surface area contributed by atoms with Gasteiger partial charge in [0.25, 0.3) is 5.56 Å². The summed E-state index contributed by atoms with van der Waals surface area (Å²) in [7, 11) is 1.73. The summed E-state index contributed by atoms with van der Waals surface area (Å²) < 4.78 is 2.85. The highest BCUT2D eigenvalue weighted by molar-refractivity contribution is 7.17. The van der Waals surface area contributed by atoms with E-state index in [9.17, 15) is 9.59 Å². The molecule has 1 aliphatic rings. The second-order valence-electron chi connectivity index (χ2n) is 8.25. The zero-order chi connectivity index (χ0) is 22.5. The standard InChI is InChI=1S/C23H21N7O2S/c1-29-21-14(10-25-29)23(32)30(12-24-21)11-18(31)28-22-19(13-6-2-5-9-17(13)33-22)20-26-15-7-3-4-8-16(15)27-20/h3-4,7-8,10,12H,2,5-6,9,11H2,1H3,(H,26,27)(H,28,31). The molecule has 1 aromatic carbocycles. The molecule has 2 N–H and O–H groups in total. The Labute approximate surface area is 192 Å². The number of thiophene rings is 1. The van der Waals surface area contributed by atoms with Gasteiger partial charge < -0.3 is 10.3 Å². The summed E-state index contributed by atoms with van der Waals surface area (Å²) in [6, 6.07) is 7.90. The van der Waals surface area contributed by atoms with Crippen molar-refractivity contribution in [2.75, 3.05) is 5.32 Å². The maximum absolute atomic E-state index is 13.0. The third-order valence-corrected chi connectivity index (χ3v) is 7.29. The summed E-state index contributed by atoms with van der Waals surface area (Å²) in [6.45, 7) is -0.126. The SMILES string of the molecule is Cn1ncc2c(=O)n(CC(=O)Nc3sc4c(c3-c3nc5ccccc5[nH]3)CCCC4)cnc21. The lowest BCUT2D eigenvalue weighted by atomic mass is 9.95. The van der Waals surface area contributed by atoms with E-state index in [0.29, 0.717) is 11.0 Å². The molecule has 0 saturated heterocycles. The number of nitrogens with one attached hydrogen (secondary N) is 2. The maximum atomic E-state index is 13.0. The number of benzene rings is 1. The molecular formula is C23H21N7O2S. The number of nitrogens with zero attached hydrogens (tertiary/aromatic N) is 5. The van der Waals surface area contributed by atoms with Crippen molar-refractivity contribution in [2.45, 2.75) is 32.2 Å². The number of amides is 1. The number of carbonyl (C=O) groups excluding carboxylic acids is 1. The van der Waals surface area contributed by atoms with Gasteiger partial charge in [0.1, 0.15) is 29.1 Å². The zero-order valence-electron chi connectivity index (χ0n) is 18.0. The molecule has 1 aliphatic carbocycles. The molecule has 6 rings (SSSR count). The summed E-state index contributed by atoms with van der Waals surface area (Å²) >= 11 is 1.61. The quantitative estimate of drug-likeness (QED) is 0.429. The van der Waals surface area contributed by atoms with Gasteiger partial charge in [0.05, 0.1) is 22.8 Å². The molecule has 0 unspecified atom stereocenters. The molecule has 5 aromatic rings. The van der Waals surface area contributed by atoms with E-state index in [1.807, 2.05) is 24.3 Å². The molecule has 0 atom stereocenters. The number of aromatic nitrogens is 6. The normalized spacial score (nSPS) is 13.5. The van der Waals surface area contributed by atoms with E-state index in [1.54, 1.807) is 18.4 Å². The number of hydrogen-bond donors (Lipinski definition) is 2. The number of hydrogen-bond acceptors (Lipinski definition) is 6. The van der Waals surface area contributed by atoms with Gasteiger partial charge in [0, 0.05) is 11.9 Å². The fourth-order valence-electron chi connectivity index (χ4n) is 4.48. The van der Waals surface area contributed by atoms with Gasteiger partial charge in [-0.25, -0.2) is 9.97 Å². The topological polar surface area (TPSA) is 110 Å². The molecule has 10 heteroatoms. The Morgan fingerprint density at radius 1 is 1.24 bits per heavy atom. The lowest BCUT2D eigenvalue weighted by Crippen LogP contribution is -2.27. The van der Waals surface area contributed by atoms with Crippen molar-refractivity contribution in [1.29, 1.82) is 0 Å². The van der Waals surface area contributed by atoms with Crippen molar-refractivity contribution in [3.8, 4) is 11.4 Å². The molecule has 9 nitrogen and oxygen atoms in total. The number of para-hydroxylation sites is 2. The first-order chi connectivity index (χ1) is 16.1. The number of carbonyl (C=O) groups is 1. The number of aryl methyl sites for hydroxylation is 2. The highest BCUT2D eigenvalue weighted by Crippen LogP contribution is 2.43. The number of imidazole rings is 1. The van der Waals surface area contributed by atoms with Crippen molar-refractivity contribution in [2.24, 2.45) is 7.05 Å². The lowest BCUT2D eigenvalue weighted by molar-refractivity contribution is -0.116. The van der Waals surface area contributed by atoms with Crippen molar-refractivity contribution < 1.29 is 4.79 Å². The van der Waals surface area contributed by atoms with Gasteiger partial charge in [0.2, 0.25) is 5.91 Å². The average Bonchev–Trinajstić information content (AvgIpc) is 3.50. The molecule has 4 aromatic heterocycles. The average molecular weight is 460 g/mol. The summed E-state index contributed by atoms with van der Waals surface area (Å²) in [5, 5.41) is 8.29. The highest BCUT2D eigenvalue weighted by Gasteiger charge is 2.25. The largest absolute Gasteiger partial charge is 0.338 e. The van der Waals surface area contributed by atoms with E-state index in [4.69, 9.17) is 4.98 Å². The molecule has 0 aliphatic heterocycles. The maximum Gasteiger partial charge on any atom is 0.264 e.